The molecule has 0 aliphatic heterocycles. The summed E-state index contributed by atoms with van der Waals surface area (Å²) in [5.74, 6) is -0.815. The van der Waals surface area contributed by atoms with Crippen molar-refractivity contribution >= 4 is 6.16 Å². The van der Waals surface area contributed by atoms with Crippen LogP contribution in [0.2, 0.25) is 0 Å². The largest absolute Gasteiger partial charge is 0.511 e. The van der Waals surface area contributed by atoms with E-state index in [2.05, 4.69) is 9.84 Å². The van der Waals surface area contributed by atoms with E-state index in [-0.39, 0.29) is 5.69 Å². The minimum Gasteiger partial charge on any atom is -0.449 e. The number of aromatic amines is 1. The van der Waals surface area contributed by atoms with E-state index in [4.69, 9.17) is 5.11 Å². The molecule has 14 heavy (non-hydrogen) atoms. The molecular formula is C6H5F3N2O3. The molecule has 0 unspecified atom stereocenters. The summed E-state index contributed by atoms with van der Waals surface area (Å²) in [4.78, 5) is 10.1. The van der Waals surface area contributed by atoms with E-state index in [1.54, 1.807) is 0 Å². The third kappa shape index (κ3) is 1.95. The highest BCUT2D eigenvalue weighted by atomic mass is 19.4. The lowest BCUT2D eigenvalue weighted by Crippen LogP contribution is -2.11. The minimum atomic E-state index is -4.74. The van der Waals surface area contributed by atoms with Gasteiger partial charge >= 0.3 is 12.3 Å². The SMILES string of the molecule is Cc1[nH]nc(C(F)(F)F)c1OC(=O)O. The van der Waals surface area contributed by atoms with Crippen molar-refractivity contribution < 1.29 is 27.8 Å². The Balaban J connectivity index is 3.13. The van der Waals surface area contributed by atoms with E-state index >= 15 is 0 Å². The molecule has 8 heteroatoms. The number of halogens is 3. The van der Waals surface area contributed by atoms with Gasteiger partial charge in [0.05, 0.1) is 5.69 Å². The first-order chi connectivity index (χ1) is 6.32. The molecule has 0 spiro atoms. The Hall–Kier alpha value is -1.73. The van der Waals surface area contributed by atoms with Gasteiger partial charge in [0, 0.05) is 0 Å². The molecule has 0 radical (unpaired) electrons. The Morgan fingerprint density at radius 2 is 2.14 bits per heavy atom. The smallest absolute Gasteiger partial charge is 0.449 e. The molecule has 1 aromatic rings. The highest BCUT2D eigenvalue weighted by molar-refractivity contribution is 5.62. The van der Waals surface area contributed by atoms with Gasteiger partial charge in [-0.15, -0.1) is 0 Å². The third-order valence-corrected chi connectivity index (χ3v) is 1.35. The predicted molar refractivity (Wildman–Crippen MR) is 37.0 cm³/mol. The highest BCUT2D eigenvalue weighted by Crippen LogP contribution is 2.36. The van der Waals surface area contributed by atoms with E-state index in [0.29, 0.717) is 0 Å². The van der Waals surface area contributed by atoms with Gasteiger partial charge in [0.15, 0.2) is 5.75 Å². The molecular weight excluding hydrogens is 205 g/mol. The van der Waals surface area contributed by atoms with E-state index in [9.17, 15) is 18.0 Å². The summed E-state index contributed by atoms with van der Waals surface area (Å²) in [5.41, 5.74) is -1.47. The summed E-state index contributed by atoms with van der Waals surface area (Å²) >= 11 is 0. The fourth-order valence-corrected chi connectivity index (χ4v) is 0.823. The zero-order valence-electron chi connectivity index (χ0n) is 6.84. The van der Waals surface area contributed by atoms with Crippen LogP contribution in [0.3, 0.4) is 0 Å². The van der Waals surface area contributed by atoms with Crippen molar-refractivity contribution in [1.82, 2.24) is 10.2 Å². The van der Waals surface area contributed by atoms with Crippen LogP contribution in [0.25, 0.3) is 0 Å². The molecule has 0 atom stereocenters. The van der Waals surface area contributed by atoms with Crippen LogP contribution in [0.5, 0.6) is 5.75 Å². The lowest BCUT2D eigenvalue weighted by molar-refractivity contribution is -0.142. The van der Waals surface area contributed by atoms with Gasteiger partial charge < -0.3 is 9.84 Å². The topological polar surface area (TPSA) is 75.2 Å². The molecule has 0 fully saturated rings. The van der Waals surface area contributed by atoms with Crippen molar-refractivity contribution in [3.8, 4) is 5.75 Å². The van der Waals surface area contributed by atoms with Crippen LogP contribution in [-0.4, -0.2) is 21.5 Å². The normalized spacial score (nSPS) is 11.4. The van der Waals surface area contributed by atoms with Crippen LogP contribution < -0.4 is 4.74 Å². The molecule has 0 amide bonds. The molecule has 0 bridgehead atoms. The van der Waals surface area contributed by atoms with Gasteiger partial charge in [-0.25, -0.2) is 4.79 Å². The molecule has 0 saturated carbocycles. The quantitative estimate of drug-likeness (QED) is 0.693. The number of carbonyl (C=O) groups is 1. The molecule has 2 N–H and O–H groups in total. The van der Waals surface area contributed by atoms with Gasteiger partial charge in [0.2, 0.25) is 5.69 Å². The van der Waals surface area contributed by atoms with Crippen molar-refractivity contribution in [2.45, 2.75) is 13.1 Å². The van der Waals surface area contributed by atoms with E-state index in [1.807, 2.05) is 5.10 Å². The average molecular weight is 210 g/mol. The highest BCUT2D eigenvalue weighted by Gasteiger charge is 2.39. The number of nitrogens with zero attached hydrogens (tertiary/aromatic N) is 1. The lowest BCUT2D eigenvalue weighted by Gasteiger charge is -2.04. The van der Waals surface area contributed by atoms with E-state index < -0.39 is 23.8 Å². The third-order valence-electron chi connectivity index (χ3n) is 1.35. The summed E-state index contributed by atoms with van der Waals surface area (Å²) in [6.07, 6.45) is -6.56. The standard InChI is InChI=1S/C6H5F3N2O3/c1-2-3(14-5(12)13)4(11-10-2)6(7,8)9/h1H3,(H,10,11)(H,12,13). The number of rotatable bonds is 1. The van der Waals surface area contributed by atoms with Crippen LogP contribution in [0.4, 0.5) is 18.0 Å². The molecule has 1 heterocycles. The summed E-state index contributed by atoms with van der Waals surface area (Å²) < 4.78 is 40.4. The van der Waals surface area contributed by atoms with Crippen molar-refractivity contribution in [3.05, 3.63) is 11.4 Å². The lowest BCUT2D eigenvalue weighted by atomic mass is 10.3. The number of aryl methyl sites for hydroxylation is 1. The van der Waals surface area contributed by atoms with Crippen LogP contribution in [-0.2, 0) is 6.18 Å². The van der Waals surface area contributed by atoms with Crippen molar-refractivity contribution in [2.24, 2.45) is 0 Å². The van der Waals surface area contributed by atoms with Gasteiger partial charge in [-0.1, -0.05) is 0 Å². The Morgan fingerprint density at radius 1 is 1.57 bits per heavy atom. The van der Waals surface area contributed by atoms with Crippen molar-refractivity contribution in [1.29, 1.82) is 0 Å². The number of nitrogens with one attached hydrogen (secondary N) is 1. The fourth-order valence-electron chi connectivity index (χ4n) is 0.823. The van der Waals surface area contributed by atoms with Crippen LogP contribution in [0.15, 0.2) is 0 Å². The maximum absolute atomic E-state index is 12.2. The number of hydrogen-bond acceptors (Lipinski definition) is 3. The zero-order valence-corrected chi connectivity index (χ0v) is 6.84. The first-order valence-electron chi connectivity index (χ1n) is 3.35. The van der Waals surface area contributed by atoms with Gasteiger partial charge in [-0.3, -0.25) is 5.10 Å². The van der Waals surface area contributed by atoms with Gasteiger partial charge in [0.25, 0.3) is 0 Å². The van der Waals surface area contributed by atoms with Gasteiger partial charge in [-0.05, 0) is 6.92 Å². The molecule has 0 aliphatic carbocycles. The second-order valence-corrected chi connectivity index (χ2v) is 2.39. The Bertz CT molecular complexity index is 358. The van der Waals surface area contributed by atoms with Crippen molar-refractivity contribution in [3.63, 3.8) is 0 Å². The molecule has 1 rings (SSSR count). The van der Waals surface area contributed by atoms with Gasteiger partial charge in [-0.2, -0.15) is 18.3 Å². The average Bonchev–Trinajstić information content (AvgIpc) is 2.30. The summed E-state index contributed by atoms with van der Waals surface area (Å²) in [7, 11) is 0. The number of carboxylic acid groups (broad SMARTS) is 1. The second-order valence-electron chi connectivity index (χ2n) is 2.39. The Morgan fingerprint density at radius 3 is 2.57 bits per heavy atom. The Kier molecular flexibility index (Phi) is 2.37. The molecule has 78 valence electrons. The number of alkyl halides is 3. The van der Waals surface area contributed by atoms with Crippen LogP contribution >= 0.6 is 0 Å². The molecule has 0 aromatic carbocycles. The zero-order chi connectivity index (χ0) is 10.9. The molecule has 0 aliphatic rings. The Labute approximate surface area is 75.5 Å². The van der Waals surface area contributed by atoms with E-state index in [1.165, 1.54) is 6.92 Å². The molecule has 1 aromatic heterocycles. The van der Waals surface area contributed by atoms with Crippen molar-refractivity contribution in [2.75, 3.05) is 0 Å². The minimum absolute atomic E-state index is 0.0975. The summed E-state index contributed by atoms with van der Waals surface area (Å²) in [6.45, 7) is 1.22. The fraction of sp³-hybridized carbons (Fsp3) is 0.333. The van der Waals surface area contributed by atoms with E-state index in [0.717, 1.165) is 0 Å². The molecule has 5 nitrogen and oxygen atoms in total. The number of hydrogen-bond donors (Lipinski definition) is 2. The number of ether oxygens (including phenoxy) is 1. The molecule has 0 saturated heterocycles. The first kappa shape index (κ1) is 10.4. The maximum atomic E-state index is 12.2. The number of aromatic nitrogens is 2. The summed E-state index contributed by atoms with van der Waals surface area (Å²) in [6, 6.07) is 0. The van der Waals surface area contributed by atoms with Gasteiger partial charge in [0.1, 0.15) is 0 Å². The number of H-pyrrole nitrogens is 1. The predicted octanol–water partition coefficient (Wildman–Crippen LogP) is 1.79. The second kappa shape index (κ2) is 3.20. The first-order valence-corrected chi connectivity index (χ1v) is 3.35. The van der Waals surface area contributed by atoms with Crippen LogP contribution in [0, 0.1) is 6.92 Å². The van der Waals surface area contributed by atoms with Crippen LogP contribution in [0.1, 0.15) is 11.4 Å². The summed E-state index contributed by atoms with van der Waals surface area (Å²) in [5, 5.41) is 13.1. The monoisotopic (exact) mass is 210 g/mol. The maximum Gasteiger partial charge on any atom is 0.511 e.